The number of halogens is 1. The molecular formula is C14H16ClN3O3S. The zero-order valence-electron chi connectivity index (χ0n) is 12.3. The predicted molar refractivity (Wildman–Crippen MR) is 89.4 cm³/mol. The molecule has 118 valence electrons. The highest BCUT2D eigenvalue weighted by Gasteiger charge is 2.16. The molecule has 0 radical (unpaired) electrons. The van der Waals surface area contributed by atoms with Crippen LogP contribution in [0, 0.1) is 0 Å². The number of hydrogen-bond donors (Lipinski definition) is 1. The number of ether oxygens (including phenoxy) is 2. The standard InChI is InChI=1S/C14H16ClN3O3S/c1-3-20-11-6-9(5-10(15)13(11)21-4-2)7-16-18-14-17-12(19)8-22-14/h5-7H,3-4,8H2,1-2H3,(H,17,18,19). The Bertz CT molecular complexity index is 620. The minimum atomic E-state index is -0.0679. The molecule has 1 saturated heterocycles. The van der Waals surface area contributed by atoms with Crippen LogP contribution >= 0.6 is 23.4 Å². The molecule has 0 bridgehead atoms. The summed E-state index contributed by atoms with van der Waals surface area (Å²) >= 11 is 7.52. The summed E-state index contributed by atoms with van der Waals surface area (Å²) in [6.45, 7) is 4.77. The quantitative estimate of drug-likeness (QED) is 0.638. The molecule has 0 saturated carbocycles. The van der Waals surface area contributed by atoms with Gasteiger partial charge in [-0.3, -0.25) is 4.79 Å². The fraction of sp³-hybridized carbons (Fsp3) is 0.357. The first-order valence-electron chi connectivity index (χ1n) is 6.76. The van der Waals surface area contributed by atoms with Crippen molar-refractivity contribution >= 4 is 40.7 Å². The maximum absolute atomic E-state index is 11.0. The van der Waals surface area contributed by atoms with Crippen molar-refractivity contribution in [2.24, 2.45) is 10.2 Å². The molecule has 0 atom stereocenters. The maximum Gasteiger partial charge on any atom is 0.236 e. The number of amides is 1. The average molecular weight is 342 g/mol. The van der Waals surface area contributed by atoms with E-state index in [1.165, 1.54) is 11.8 Å². The lowest BCUT2D eigenvalue weighted by Gasteiger charge is -2.13. The summed E-state index contributed by atoms with van der Waals surface area (Å²) in [6.07, 6.45) is 1.54. The minimum Gasteiger partial charge on any atom is -0.490 e. The fourth-order valence-electron chi connectivity index (χ4n) is 1.74. The lowest BCUT2D eigenvalue weighted by molar-refractivity contribution is -0.116. The second kappa shape index (κ2) is 8.05. The Kier molecular flexibility index (Phi) is 6.09. The number of amidine groups is 1. The van der Waals surface area contributed by atoms with Crippen molar-refractivity contribution in [1.29, 1.82) is 0 Å². The number of benzene rings is 1. The van der Waals surface area contributed by atoms with Crippen LogP contribution in [0.3, 0.4) is 0 Å². The molecular weight excluding hydrogens is 326 g/mol. The second-order valence-corrected chi connectivity index (χ2v) is 5.55. The van der Waals surface area contributed by atoms with Crippen LogP contribution in [-0.2, 0) is 4.79 Å². The van der Waals surface area contributed by atoms with Crippen molar-refractivity contribution < 1.29 is 14.3 Å². The van der Waals surface area contributed by atoms with E-state index >= 15 is 0 Å². The van der Waals surface area contributed by atoms with Gasteiger partial charge in [0.1, 0.15) is 0 Å². The molecule has 1 heterocycles. The van der Waals surface area contributed by atoms with Gasteiger partial charge in [0.15, 0.2) is 16.7 Å². The largest absolute Gasteiger partial charge is 0.490 e. The van der Waals surface area contributed by atoms with Gasteiger partial charge in [-0.25, -0.2) is 0 Å². The molecule has 0 unspecified atom stereocenters. The Morgan fingerprint density at radius 1 is 1.36 bits per heavy atom. The Morgan fingerprint density at radius 3 is 2.77 bits per heavy atom. The van der Waals surface area contributed by atoms with Crippen molar-refractivity contribution in [2.75, 3.05) is 19.0 Å². The van der Waals surface area contributed by atoms with Crippen LogP contribution in [0.25, 0.3) is 0 Å². The number of nitrogens with one attached hydrogen (secondary N) is 1. The molecule has 2 rings (SSSR count). The van der Waals surface area contributed by atoms with Crippen molar-refractivity contribution in [2.45, 2.75) is 13.8 Å². The summed E-state index contributed by atoms with van der Waals surface area (Å²) in [6, 6.07) is 3.50. The molecule has 1 aliphatic heterocycles. The topological polar surface area (TPSA) is 72.3 Å². The number of carbonyl (C=O) groups is 1. The van der Waals surface area contributed by atoms with E-state index in [0.717, 1.165) is 5.56 Å². The molecule has 1 amide bonds. The summed E-state index contributed by atoms with van der Waals surface area (Å²) in [4.78, 5) is 11.0. The highest BCUT2D eigenvalue weighted by atomic mass is 35.5. The van der Waals surface area contributed by atoms with Crippen LogP contribution in [0.5, 0.6) is 11.5 Å². The molecule has 0 aromatic heterocycles. The molecule has 6 nitrogen and oxygen atoms in total. The van der Waals surface area contributed by atoms with Crippen LogP contribution in [0.1, 0.15) is 19.4 Å². The summed E-state index contributed by atoms with van der Waals surface area (Å²) in [5.41, 5.74) is 0.732. The Morgan fingerprint density at radius 2 is 2.14 bits per heavy atom. The summed E-state index contributed by atoms with van der Waals surface area (Å²) in [7, 11) is 0. The van der Waals surface area contributed by atoms with Crippen LogP contribution in [0.2, 0.25) is 5.02 Å². The van der Waals surface area contributed by atoms with Gasteiger partial charge in [-0.05, 0) is 26.0 Å². The molecule has 0 aliphatic carbocycles. The third-order valence-electron chi connectivity index (χ3n) is 2.56. The zero-order valence-corrected chi connectivity index (χ0v) is 13.8. The highest BCUT2D eigenvalue weighted by Crippen LogP contribution is 2.36. The van der Waals surface area contributed by atoms with Gasteiger partial charge in [0.25, 0.3) is 0 Å². The third-order valence-corrected chi connectivity index (χ3v) is 3.71. The summed E-state index contributed by atoms with van der Waals surface area (Å²) in [5.74, 6) is 1.39. The van der Waals surface area contributed by atoms with Gasteiger partial charge < -0.3 is 14.8 Å². The third kappa shape index (κ3) is 4.38. The van der Waals surface area contributed by atoms with Gasteiger partial charge in [0, 0.05) is 5.56 Å². The van der Waals surface area contributed by atoms with E-state index in [1.807, 2.05) is 13.8 Å². The first-order chi connectivity index (χ1) is 10.6. The molecule has 1 aromatic rings. The Hall–Kier alpha value is -1.73. The van der Waals surface area contributed by atoms with Gasteiger partial charge in [0.05, 0.1) is 30.2 Å². The van der Waals surface area contributed by atoms with Gasteiger partial charge in [0.2, 0.25) is 5.91 Å². The summed E-state index contributed by atoms with van der Waals surface area (Å²) in [5, 5.41) is 11.4. The Labute approximate surface area is 137 Å². The smallest absolute Gasteiger partial charge is 0.236 e. The van der Waals surface area contributed by atoms with E-state index in [2.05, 4.69) is 15.5 Å². The number of rotatable bonds is 6. The summed E-state index contributed by atoms with van der Waals surface area (Å²) < 4.78 is 11.0. The van der Waals surface area contributed by atoms with Gasteiger partial charge >= 0.3 is 0 Å². The van der Waals surface area contributed by atoms with E-state index in [9.17, 15) is 4.79 Å². The van der Waals surface area contributed by atoms with Crippen LogP contribution in [0.15, 0.2) is 22.3 Å². The second-order valence-electron chi connectivity index (χ2n) is 4.18. The molecule has 1 N–H and O–H groups in total. The number of nitrogens with zero attached hydrogens (tertiary/aromatic N) is 2. The average Bonchev–Trinajstić information content (AvgIpc) is 2.89. The van der Waals surface area contributed by atoms with Crippen LogP contribution in [-0.4, -0.2) is 36.3 Å². The van der Waals surface area contributed by atoms with E-state index in [4.69, 9.17) is 21.1 Å². The molecule has 1 aromatic carbocycles. The molecule has 0 spiro atoms. The lowest BCUT2D eigenvalue weighted by atomic mass is 10.2. The maximum atomic E-state index is 11.0. The van der Waals surface area contributed by atoms with Crippen LogP contribution < -0.4 is 14.8 Å². The van der Waals surface area contributed by atoms with Gasteiger partial charge in [-0.2, -0.15) is 5.10 Å². The van der Waals surface area contributed by atoms with Crippen molar-refractivity contribution in [1.82, 2.24) is 5.32 Å². The fourth-order valence-corrected chi connectivity index (χ4v) is 2.64. The van der Waals surface area contributed by atoms with Crippen molar-refractivity contribution in [3.05, 3.63) is 22.7 Å². The predicted octanol–water partition coefficient (Wildman–Crippen LogP) is 2.69. The normalized spacial score (nSPS) is 16.3. The molecule has 22 heavy (non-hydrogen) atoms. The first-order valence-corrected chi connectivity index (χ1v) is 8.13. The first kappa shape index (κ1) is 16.6. The van der Waals surface area contributed by atoms with Gasteiger partial charge in [-0.1, -0.05) is 23.4 Å². The SMILES string of the molecule is CCOc1cc(C=NN=C2NC(=O)CS2)cc(Cl)c1OCC. The van der Waals surface area contributed by atoms with E-state index in [1.54, 1.807) is 18.3 Å². The van der Waals surface area contributed by atoms with E-state index in [-0.39, 0.29) is 5.91 Å². The highest BCUT2D eigenvalue weighted by molar-refractivity contribution is 8.15. The molecule has 1 fully saturated rings. The van der Waals surface area contributed by atoms with Gasteiger partial charge in [-0.15, -0.1) is 5.10 Å². The van der Waals surface area contributed by atoms with Crippen molar-refractivity contribution in [3.8, 4) is 11.5 Å². The Balaban J connectivity index is 2.18. The number of thioether (sulfide) groups is 1. The van der Waals surface area contributed by atoms with E-state index < -0.39 is 0 Å². The molecule has 1 aliphatic rings. The molecule has 8 heteroatoms. The zero-order chi connectivity index (χ0) is 15.9. The lowest BCUT2D eigenvalue weighted by Crippen LogP contribution is -2.19. The monoisotopic (exact) mass is 341 g/mol. The van der Waals surface area contributed by atoms with E-state index in [0.29, 0.717) is 40.7 Å². The number of carbonyl (C=O) groups excluding carboxylic acids is 1. The van der Waals surface area contributed by atoms with Crippen molar-refractivity contribution in [3.63, 3.8) is 0 Å². The van der Waals surface area contributed by atoms with Crippen LogP contribution in [0.4, 0.5) is 0 Å². The minimum absolute atomic E-state index is 0.0679. The number of hydrogen-bond acceptors (Lipinski definition) is 6.